The van der Waals surface area contributed by atoms with Crippen molar-refractivity contribution in [1.82, 2.24) is 29.6 Å². The van der Waals surface area contributed by atoms with Gasteiger partial charge in [0.25, 0.3) is 5.91 Å². The lowest BCUT2D eigenvalue weighted by Gasteiger charge is -2.17. The largest absolute Gasteiger partial charge is 0.383 e. The third kappa shape index (κ3) is 4.49. The fourth-order valence-corrected chi connectivity index (χ4v) is 2.83. The molecule has 2 aromatic heterocycles. The number of benzene rings is 1. The summed E-state index contributed by atoms with van der Waals surface area (Å²) in [5, 5.41) is 8.03. The van der Waals surface area contributed by atoms with Crippen molar-refractivity contribution in [2.45, 2.75) is 20.0 Å². The van der Waals surface area contributed by atoms with E-state index in [4.69, 9.17) is 10.5 Å². The predicted octanol–water partition coefficient (Wildman–Crippen LogP) is 1.54. The maximum Gasteiger partial charge on any atom is 0.254 e. The molecule has 9 nitrogen and oxygen atoms in total. The Morgan fingerprint density at radius 2 is 2.11 bits per heavy atom. The molecule has 0 saturated heterocycles. The van der Waals surface area contributed by atoms with Gasteiger partial charge in [0.2, 0.25) is 5.95 Å². The van der Waals surface area contributed by atoms with E-state index in [-0.39, 0.29) is 11.9 Å². The van der Waals surface area contributed by atoms with Gasteiger partial charge in [-0.1, -0.05) is 12.1 Å². The first-order chi connectivity index (χ1) is 13.5. The SMILES string of the molecule is COCCn1cnnc1CN(C)C(=O)c1cccc(-c2cc(C)nc(N)n2)c1. The molecule has 2 heterocycles. The lowest BCUT2D eigenvalue weighted by Crippen LogP contribution is -2.28. The molecule has 0 saturated carbocycles. The smallest absolute Gasteiger partial charge is 0.254 e. The second kappa shape index (κ2) is 8.57. The Hall–Kier alpha value is -3.33. The van der Waals surface area contributed by atoms with E-state index < -0.39 is 0 Å². The summed E-state index contributed by atoms with van der Waals surface area (Å²) in [5.74, 6) is 0.782. The molecule has 0 aliphatic heterocycles. The molecule has 28 heavy (non-hydrogen) atoms. The summed E-state index contributed by atoms with van der Waals surface area (Å²) in [6, 6.07) is 9.12. The van der Waals surface area contributed by atoms with E-state index in [1.807, 2.05) is 29.7 Å². The monoisotopic (exact) mass is 381 g/mol. The van der Waals surface area contributed by atoms with Gasteiger partial charge in [-0.2, -0.15) is 0 Å². The fourth-order valence-electron chi connectivity index (χ4n) is 2.83. The number of carbonyl (C=O) groups excluding carboxylic acids is 1. The number of hydrogen-bond acceptors (Lipinski definition) is 7. The van der Waals surface area contributed by atoms with Crippen LogP contribution < -0.4 is 5.73 Å². The minimum Gasteiger partial charge on any atom is -0.383 e. The van der Waals surface area contributed by atoms with Crippen LogP contribution in [0.1, 0.15) is 21.9 Å². The van der Waals surface area contributed by atoms with Crippen LogP contribution in [0.2, 0.25) is 0 Å². The van der Waals surface area contributed by atoms with Gasteiger partial charge in [-0.05, 0) is 25.1 Å². The number of aryl methyl sites for hydroxylation is 1. The Balaban J connectivity index is 1.78. The summed E-state index contributed by atoms with van der Waals surface area (Å²) in [6.07, 6.45) is 1.63. The standard InChI is InChI=1S/C19H23N7O2/c1-13-9-16(23-19(20)22-13)14-5-4-6-15(10-14)18(27)25(2)11-17-24-21-12-26(17)7-8-28-3/h4-6,9-10,12H,7-8,11H2,1-3H3,(H2,20,22,23). The van der Waals surface area contributed by atoms with E-state index >= 15 is 0 Å². The highest BCUT2D eigenvalue weighted by atomic mass is 16.5. The molecular formula is C19H23N7O2. The highest BCUT2D eigenvalue weighted by molar-refractivity contribution is 5.95. The van der Waals surface area contributed by atoms with Gasteiger partial charge >= 0.3 is 0 Å². The third-order valence-corrected chi connectivity index (χ3v) is 4.23. The molecule has 0 aliphatic carbocycles. The molecule has 0 radical (unpaired) electrons. The zero-order valence-corrected chi connectivity index (χ0v) is 16.2. The van der Waals surface area contributed by atoms with Gasteiger partial charge < -0.3 is 19.9 Å². The average Bonchev–Trinajstić information content (AvgIpc) is 3.12. The number of rotatable bonds is 7. The average molecular weight is 381 g/mol. The van der Waals surface area contributed by atoms with Crippen LogP contribution in [0.25, 0.3) is 11.3 Å². The van der Waals surface area contributed by atoms with Crippen LogP contribution in [0.5, 0.6) is 0 Å². The van der Waals surface area contributed by atoms with Crippen molar-refractivity contribution in [3.63, 3.8) is 0 Å². The minimum atomic E-state index is -0.123. The second-order valence-electron chi connectivity index (χ2n) is 6.43. The molecule has 0 aliphatic rings. The summed E-state index contributed by atoms with van der Waals surface area (Å²) < 4.78 is 6.96. The second-order valence-corrected chi connectivity index (χ2v) is 6.43. The molecule has 9 heteroatoms. The summed E-state index contributed by atoms with van der Waals surface area (Å²) in [6.45, 7) is 3.37. The van der Waals surface area contributed by atoms with Gasteiger partial charge in [0.15, 0.2) is 5.82 Å². The zero-order valence-electron chi connectivity index (χ0n) is 16.2. The molecule has 0 atom stereocenters. The maximum absolute atomic E-state index is 12.9. The number of ether oxygens (including phenoxy) is 1. The Bertz CT molecular complexity index is 950. The molecular weight excluding hydrogens is 358 g/mol. The van der Waals surface area contributed by atoms with Crippen molar-refractivity contribution in [3.05, 3.63) is 53.7 Å². The first-order valence-electron chi connectivity index (χ1n) is 8.80. The molecule has 2 N–H and O–H groups in total. The van der Waals surface area contributed by atoms with Crippen molar-refractivity contribution < 1.29 is 9.53 Å². The lowest BCUT2D eigenvalue weighted by molar-refractivity contribution is 0.0779. The predicted molar refractivity (Wildman–Crippen MR) is 104 cm³/mol. The molecule has 1 aromatic carbocycles. The highest BCUT2D eigenvalue weighted by Crippen LogP contribution is 2.20. The van der Waals surface area contributed by atoms with Gasteiger partial charge in [-0.3, -0.25) is 4.79 Å². The fraction of sp³-hybridized carbons (Fsp3) is 0.316. The third-order valence-electron chi connectivity index (χ3n) is 4.23. The Labute approximate surface area is 163 Å². The van der Waals surface area contributed by atoms with Crippen molar-refractivity contribution >= 4 is 11.9 Å². The van der Waals surface area contributed by atoms with Crippen molar-refractivity contribution in [3.8, 4) is 11.3 Å². The van der Waals surface area contributed by atoms with E-state index in [0.717, 1.165) is 11.3 Å². The van der Waals surface area contributed by atoms with Crippen LogP contribution >= 0.6 is 0 Å². The van der Waals surface area contributed by atoms with Crippen LogP contribution in [0.15, 0.2) is 36.7 Å². The van der Waals surface area contributed by atoms with Crippen molar-refractivity contribution in [1.29, 1.82) is 0 Å². The van der Waals surface area contributed by atoms with E-state index in [1.54, 1.807) is 37.5 Å². The van der Waals surface area contributed by atoms with Crippen LogP contribution in [-0.4, -0.2) is 56.3 Å². The molecule has 0 unspecified atom stereocenters. The number of methoxy groups -OCH3 is 1. The van der Waals surface area contributed by atoms with Gasteiger partial charge in [0.05, 0.1) is 18.8 Å². The Morgan fingerprint density at radius 1 is 1.29 bits per heavy atom. The molecule has 0 fully saturated rings. The number of amides is 1. The molecule has 0 bridgehead atoms. The number of aromatic nitrogens is 5. The number of anilines is 1. The number of carbonyl (C=O) groups is 1. The summed E-state index contributed by atoms with van der Waals surface area (Å²) in [7, 11) is 3.37. The Morgan fingerprint density at radius 3 is 2.86 bits per heavy atom. The molecule has 146 valence electrons. The van der Waals surface area contributed by atoms with E-state index in [9.17, 15) is 4.79 Å². The lowest BCUT2D eigenvalue weighted by atomic mass is 10.1. The molecule has 3 aromatic rings. The van der Waals surface area contributed by atoms with Crippen molar-refractivity contribution in [2.24, 2.45) is 0 Å². The Kier molecular flexibility index (Phi) is 5.95. The quantitative estimate of drug-likeness (QED) is 0.660. The summed E-state index contributed by atoms with van der Waals surface area (Å²) >= 11 is 0. The normalized spacial score (nSPS) is 10.8. The van der Waals surface area contributed by atoms with Crippen molar-refractivity contribution in [2.75, 3.05) is 26.5 Å². The summed E-state index contributed by atoms with van der Waals surface area (Å²) in [5.41, 5.74) is 8.56. The first kappa shape index (κ1) is 19.4. The topological polar surface area (TPSA) is 112 Å². The molecule has 3 rings (SSSR count). The number of nitrogens with two attached hydrogens (primary N) is 1. The van der Waals surface area contributed by atoms with Crippen LogP contribution in [0, 0.1) is 6.92 Å². The van der Waals surface area contributed by atoms with Gasteiger partial charge in [0.1, 0.15) is 6.33 Å². The molecule has 1 amide bonds. The number of nitrogens with zero attached hydrogens (tertiary/aromatic N) is 6. The highest BCUT2D eigenvalue weighted by Gasteiger charge is 2.16. The first-order valence-corrected chi connectivity index (χ1v) is 8.80. The van der Waals surface area contributed by atoms with E-state index in [2.05, 4.69) is 20.2 Å². The minimum absolute atomic E-state index is 0.123. The van der Waals surface area contributed by atoms with Gasteiger partial charge in [-0.25, -0.2) is 9.97 Å². The van der Waals surface area contributed by atoms with Crippen LogP contribution in [-0.2, 0) is 17.8 Å². The number of hydrogen-bond donors (Lipinski definition) is 1. The van der Waals surface area contributed by atoms with Crippen LogP contribution in [0.3, 0.4) is 0 Å². The maximum atomic E-state index is 12.9. The van der Waals surface area contributed by atoms with Crippen LogP contribution in [0.4, 0.5) is 5.95 Å². The van der Waals surface area contributed by atoms with Gasteiger partial charge in [-0.15, -0.1) is 10.2 Å². The van der Waals surface area contributed by atoms with Gasteiger partial charge in [0, 0.05) is 37.5 Å². The van der Waals surface area contributed by atoms with E-state index in [1.165, 1.54) is 0 Å². The summed E-state index contributed by atoms with van der Waals surface area (Å²) in [4.78, 5) is 22.8. The molecule has 0 spiro atoms. The number of nitrogen functional groups attached to an aromatic ring is 1. The zero-order chi connectivity index (χ0) is 20.1. The van der Waals surface area contributed by atoms with E-state index in [0.29, 0.717) is 36.8 Å².